The summed E-state index contributed by atoms with van der Waals surface area (Å²) in [5.41, 5.74) is 3.27. The van der Waals surface area contributed by atoms with E-state index in [1.54, 1.807) is 0 Å². The summed E-state index contributed by atoms with van der Waals surface area (Å²) < 4.78 is 37.7. The number of carbonyl (C=O) groups is 1. The monoisotopic (exact) mass is 375 g/mol. The first-order chi connectivity index (χ1) is 12.3. The molecule has 26 heavy (non-hydrogen) atoms. The van der Waals surface area contributed by atoms with Crippen molar-refractivity contribution < 1.29 is 22.7 Å². The second-order valence-electron chi connectivity index (χ2n) is 6.26. The third kappa shape index (κ3) is 4.16. The van der Waals surface area contributed by atoms with E-state index in [4.69, 9.17) is 9.47 Å². The molecule has 1 heterocycles. The third-order valence-electron chi connectivity index (χ3n) is 4.19. The number of hydrogen-bond acceptors (Lipinski definition) is 5. The van der Waals surface area contributed by atoms with Crippen LogP contribution in [0, 0.1) is 13.8 Å². The van der Waals surface area contributed by atoms with Gasteiger partial charge in [0, 0.05) is 12.5 Å². The number of hydrogen-bond donors (Lipinski definition) is 1. The summed E-state index contributed by atoms with van der Waals surface area (Å²) in [5, 5.41) is 0. The molecule has 0 aliphatic carbocycles. The summed E-state index contributed by atoms with van der Waals surface area (Å²) in [6.07, 6.45) is 0.572. The molecule has 0 spiro atoms. The first kappa shape index (κ1) is 18.3. The van der Waals surface area contributed by atoms with Crippen LogP contribution in [0.5, 0.6) is 11.5 Å². The highest BCUT2D eigenvalue weighted by Gasteiger charge is 2.21. The van der Waals surface area contributed by atoms with Crippen LogP contribution in [0.3, 0.4) is 0 Å². The summed E-state index contributed by atoms with van der Waals surface area (Å²) in [6, 6.07) is 10.3. The highest BCUT2D eigenvalue weighted by atomic mass is 32.2. The number of sulfonamides is 1. The molecule has 0 radical (unpaired) electrons. The second-order valence-corrected chi connectivity index (χ2v) is 7.95. The van der Waals surface area contributed by atoms with Crippen molar-refractivity contribution in [2.45, 2.75) is 31.6 Å². The first-order valence-corrected chi connectivity index (χ1v) is 9.85. The van der Waals surface area contributed by atoms with Gasteiger partial charge in [-0.3, -0.25) is 4.79 Å². The van der Waals surface area contributed by atoms with Gasteiger partial charge < -0.3 is 9.47 Å². The van der Waals surface area contributed by atoms with Gasteiger partial charge in [-0.2, -0.15) is 0 Å². The van der Waals surface area contributed by atoms with Gasteiger partial charge in [0.2, 0.25) is 5.91 Å². The van der Waals surface area contributed by atoms with Gasteiger partial charge in [0.15, 0.2) is 11.5 Å². The van der Waals surface area contributed by atoms with E-state index < -0.39 is 15.9 Å². The molecule has 7 heteroatoms. The lowest BCUT2D eigenvalue weighted by Gasteiger charge is -2.18. The molecule has 138 valence electrons. The molecule has 2 aromatic rings. The molecule has 0 aromatic heterocycles. The number of benzene rings is 2. The molecule has 0 saturated heterocycles. The van der Waals surface area contributed by atoms with Crippen molar-refractivity contribution in [3.8, 4) is 11.5 Å². The van der Waals surface area contributed by atoms with E-state index >= 15 is 0 Å². The molecule has 0 unspecified atom stereocenters. The van der Waals surface area contributed by atoms with Crippen molar-refractivity contribution >= 4 is 15.9 Å². The van der Waals surface area contributed by atoms with Crippen molar-refractivity contribution in [2.75, 3.05) is 13.2 Å². The normalized spacial score (nSPS) is 13.3. The summed E-state index contributed by atoms with van der Waals surface area (Å²) >= 11 is 0. The van der Waals surface area contributed by atoms with Crippen LogP contribution in [0.25, 0.3) is 0 Å². The maximum absolute atomic E-state index is 12.4. The van der Waals surface area contributed by atoms with E-state index in [9.17, 15) is 13.2 Å². The van der Waals surface area contributed by atoms with Gasteiger partial charge in [0.25, 0.3) is 10.0 Å². The second kappa shape index (κ2) is 7.37. The Bertz CT molecular complexity index is 937. The number of carbonyl (C=O) groups excluding carboxylic acids is 1. The van der Waals surface area contributed by atoms with Gasteiger partial charge in [0.1, 0.15) is 13.2 Å². The van der Waals surface area contributed by atoms with Crippen LogP contribution >= 0.6 is 0 Å². The smallest absolute Gasteiger partial charge is 0.264 e. The number of amides is 1. The minimum Gasteiger partial charge on any atom is -0.486 e. The largest absolute Gasteiger partial charge is 0.486 e. The van der Waals surface area contributed by atoms with Crippen molar-refractivity contribution in [1.29, 1.82) is 0 Å². The van der Waals surface area contributed by atoms with E-state index in [-0.39, 0.29) is 11.3 Å². The Kier molecular flexibility index (Phi) is 5.18. The average molecular weight is 375 g/mol. The molecule has 1 aliphatic rings. The summed E-state index contributed by atoms with van der Waals surface area (Å²) in [7, 11) is -3.95. The predicted molar refractivity (Wildman–Crippen MR) is 97.0 cm³/mol. The molecule has 3 rings (SSSR count). The van der Waals surface area contributed by atoms with Gasteiger partial charge in [-0.05, 0) is 43.5 Å². The number of ether oxygens (including phenoxy) is 2. The Balaban J connectivity index is 1.66. The van der Waals surface area contributed by atoms with Crippen molar-refractivity contribution in [1.82, 2.24) is 4.72 Å². The maximum Gasteiger partial charge on any atom is 0.264 e. The van der Waals surface area contributed by atoms with Crippen molar-refractivity contribution in [2.24, 2.45) is 0 Å². The predicted octanol–water partition coefficient (Wildman–Crippen LogP) is 2.51. The van der Waals surface area contributed by atoms with Gasteiger partial charge in [-0.1, -0.05) is 23.8 Å². The number of rotatable bonds is 5. The summed E-state index contributed by atoms with van der Waals surface area (Å²) in [5.74, 6) is 0.318. The first-order valence-electron chi connectivity index (χ1n) is 8.36. The van der Waals surface area contributed by atoms with E-state index in [1.807, 2.05) is 32.0 Å². The molecule has 0 saturated carbocycles. The molecule has 0 fully saturated rings. The van der Waals surface area contributed by atoms with Crippen molar-refractivity contribution in [3.63, 3.8) is 0 Å². The van der Waals surface area contributed by atoms with Crippen molar-refractivity contribution in [3.05, 3.63) is 53.1 Å². The Morgan fingerprint density at radius 3 is 2.50 bits per heavy atom. The molecule has 1 amide bonds. The molecule has 6 nitrogen and oxygen atoms in total. The lowest BCUT2D eigenvalue weighted by molar-refractivity contribution is -0.119. The highest BCUT2D eigenvalue weighted by Crippen LogP contribution is 2.32. The number of aryl methyl sites for hydroxylation is 3. The van der Waals surface area contributed by atoms with Crippen LogP contribution < -0.4 is 14.2 Å². The zero-order valence-electron chi connectivity index (χ0n) is 14.7. The maximum atomic E-state index is 12.4. The van der Waals surface area contributed by atoms with Crippen LogP contribution in [0.4, 0.5) is 0 Å². The van der Waals surface area contributed by atoms with E-state index in [0.717, 1.165) is 16.7 Å². The Labute approximate surface area is 153 Å². The Morgan fingerprint density at radius 2 is 1.77 bits per heavy atom. The van der Waals surface area contributed by atoms with Gasteiger partial charge in [0.05, 0.1) is 4.90 Å². The van der Waals surface area contributed by atoms with E-state index in [0.29, 0.717) is 31.1 Å². The molecular formula is C19H21NO5S. The van der Waals surface area contributed by atoms with Gasteiger partial charge in [-0.15, -0.1) is 0 Å². The summed E-state index contributed by atoms with van der Waals surface area (Å²) in [4.78, 5) is 12.1. The van der Waals surface area contributed by atoms with E-state index in [1.165, 1.54) is 18.2 Å². The highest BCUT2D eigenvalue weighted by molar-refractivity contribution is 7.90. The van der Waals surface area contributed by atoms with Crippen LogP contribution in [0.2, 0.25) is 0 Å². The molecule has 1 aliphatic heterocycles. The third-order valence-corrected chi connectivity index (χ3v) is 5.56. The Morgan fingerprint density at radius 1 is 1.04 bits per heavy atom. The zero-order valence-corrected chi connectivity index (χ0v) is 15.6. The fourth-order valence-electron chi connectivity index (χ4n) is 2.83. The van der Waals surface area contributed by atoms with Crippen LogP contribution in [0.1, 0.15) is 23.1 Å². The fraction of sp³-hybridized carbons (Fsp3) is 0.316. The minimum atomic E-state index is -3.95. The van der Waals surface area contributed by atoms with Gasteiger partial charge in [-0.25, -0.2) is 13.1 Å². The van der Waals surface area contributed by atoms with E-state index in [2.05, 4.69) is 4.72 Å². The quantitative estimate of drug-likeness (QED) is 0.868. The van der Waals surface area contributed by atoms with Crippen LogP contribution in [-0.4, -0.2) is 27.5 Å². The molecule has 2 aromatic carbocycles. The van der Waals surface area contributed by atoms with Crippen LogP contribution in [-0.2, 0) is 21.2 Å². The lowest BCUT2D eigenvalue weighted by atomic mass is 10.0. The molecule has 0 bridgehead atoms. The fourth-order valence-corrected chi connectivity index (χ4v) is 3.85. The number of fused-ring (bicyclic) bond motifs is 1. The lowest BCUT2D eigenvalue weighted by Crippen LogP contribution is -2.31. The number of nitrogens with one attached hydrogen (secondary N) is 1. The standard InChI is InChI=1S/C19H21NO5S/c1-13-3-4-15(14(2)11-13)5-8-19(21)20-26(22,23)16-6-7-17-18(12-16)25-10-9-24-17/h3-4,6-7,11-12H,5,8-10H2,1-2H3,(H,20,21). The molecular weight excluding hydrogens is 354 g/mol. The molecule has 1 N–H and O–H groups in total. The SMILES string of the molecule is Cc1ccc(CCC(=O)NS(=O)(=O)c2ccc3c(c2)OCCO3)c(C)c1. The zero-order chi connectivity index (χ0) is 18.7. The average Bonchev–Trinajstić information content (AvgIpc) is 2.60. The van der Waals surface area contributed by atoms with Crippen LogP contribution in [0.15, 0.2) is 41.3 Å². The topological polar surface area (TPSA) is 81.7 Å². The Hall–Kier alpha value is -2.54. The summed E-state index contributed by atoms with van der Waals surface area (Å²) in [6.45, 7) is 4.77. The molecule has 0 atom stereocenters. The van der Waals surface area contributed by atoms with Gasteiger partial charge >= 0.3 is 0 Å². The minimum absolute atomic E-state index is 0.0263.